The minimum absolute atomic E-state index is 0.0770. The van der Waals surface area contributed by atoms with Gasteiger partial charge in [0.1, 0.15) is 6.04 Å². The molecule has 13 heavy (non-hydrogen) atoms. The summed E-state index contributed by atoms with van der Waals surface area (Å²) in [7, 11) is 0. The third kappa shape index (κ3) is 5.53. The van der Waals surface area contributed by atoms with Crippen molar-refractivity contribution in [1.29, 1.82) is 0 Å². The summed E-state index contributed by atoms with van der Waals surface area (Å²) in [5, 5.41) is 25.7. The number of aliphatic hydroxyl groups is 2. The maximum absolute atomic E-state index is 10.4. The largest absolute Gasteiger partial charge is 0.480 e. The quantitative estimate of drug-likeness (QED) is 0.361. The topological polar surface area (TPSA) is 107 Å². The molecule has 0 aromatic rings. The van der Waals surface area contributed by atoms with E-state index >= 15 is 0 Å². The highest BCUT2D eigenvalue weighted by Gasteiger charge is 2.15. The number of nitrogens with zero attached hydrogens (tertiary/aromatic N) is 1. The first kappa shape index (κ1) is 12.3. The Hall–Kier alpha value is -0.690. The Morgan fingerprint density at radius 2 is 1.77 bits per heavy atom. The Kier molecular flexibility index (Phi) is 6.43. The molecule has 1 atom stereocenters. The highest BCUT2D eigenvalue weighted by molar-refractivity contribution is 5.73. The van der Waals surface area contributed by atoms with Crippen LogP contribution in [0.1, 0.15) is 0 Å². The lowest BCUT2D eigenvalue weighted by Gasteiger charge is -2.21. The molecule has 0 saturated carbocycles. The molecule has 5 N–H and O–H groups in total. The lowest BCUT2D eigenvalue weighted by molar-refractivity contribution is -0.139. The summed E-state index contributed by atoms with van der Waals surface area (Å²) < 4.78 is 0. The molecule has 6 nitrogen and oxygen atoms in total. The monoisotopic (exact) mass is 192 g/mol. The molecule has 0 heterocycles. The maximum Gasteiger partial charge on any atom is 0.321 e. The van der Waals surface area contributed by atoms with Crippen LogP contribution in [-0.2, 0) is 4.79 Å². The van der Waals surface area contributed by atoms with Gasteiger partial charge in [0.15, 0.2) is 0 Å². The first-order chi connectivity index (χ1) is 6.11. The second kappa shape index (κ2) is 6.79. The summed E-state index contributed by atoms with van der Waals surface area (Å²) >= 11 is 0. The van der Waals surface area contributed by atoms with E-state index in [1.807, 2.05) is 0 Å². The number of aliphatic hydroxyl groups excluding tert-OH is 2. The van der Waals surface area contributed by atoms with E-state index in [4.69, 9.17) is 21.1 Å². The van der Waals surface area contributed by atoms with Gasteiger partial charge in [-0.1, -0.05) is 0 Å². The van der Waals surface area contributed by atoms with E-state index in [0.717, 1.165) is 0 Å². The van der Waals surface area contributed by atoms with Gasteiger partial charge in [0.05, 0.1) is 13.2 Å². The van der Waals surface area contributed by atoms with E-state index in [1.165, 1.54) is 0 Å². The van der Waals surface area contributed by atoms with Gasteiger partial charge in [0.2, 0.25) is 0 Å². The Bertz CT molecular complexity index is 147. The molecule has 0 amide bonds. The van der Waals surface area contributed by atoms with Crippen molar-refractivity contribution in [2.45, 2.75) is 6.04 Å². The first-order valence-corrected chi connectivity index (χ1v) is 4.04. The zero-order valence-corrected chi connectivity index (χ0v) is 7.39. The van der Waals surface area contributed by atoms with Gasteiger partial charge in [-0.25, -0.2) is 0 Å². The normalized spacial score (nSPS) is 13.2. The number of hydrogen-bond donors (Lipinski definition) is 4. The van der Waals surface area contributed by atoms with Gasteiger partial charge in [-0.3, -0.25) is 9.69 Å². The summed E-state index contributed by atoms with van der Waals surface area (Å²) in [6.07, 6.45) is 0. The molecule has 0 aliphatic rings. The summed E-state index contributed by atoms with van der Waals surface area (Å²) in [4.78, 5) is 12.0. The molecule has 0 spiro atoms. The van der Waals surface area contributed by atoms with Crippen molar-refractivity contribution in [1.82, 2.24) is 4.90 Å². The van der Waals surface area contributed by atoms with E-state index in [9.17, 15) is 4.79 Å². The highest BCUT2D eigenvalue weighted by atomic mass is 16.4. The van der Waals surface area contributed by atoms with Gasteiger partial charge in [-0.05, 0) is 0 Å². The molecule has 0 fully saturated rings. The van der Waals surface area contributed by atoms with Crippen molar-refractivity contribution in [2.24, 2.45) is 5.73 Å². The van der Waals surface area contributed by atoms with E-state index < -0.39 is 12.0 Å². The average Bonchev–Trinajstić information content (AvgIpc) is 2.05. The van der Waals surface area contributed by atoms with E-state index in [2.05, 4.69) is 0 Å². The number of hydrogen-bond acceptors (Lipinski definition) is 5. The molecule has 78 valence electrons. The van der Waals surface area contributed by atoms with Gasteiger partial charge in [-0.15, -0.1) is 0 Å². The van der Waals surface area contributed by atoms with E-state index in [0.29, 0.717) is 13.1 Å². The third-order valence-corrected chi connectivity index (χ3v) is 1.60. The van der Waals surface area contributed by atoms with Gasteiger partial charge in [0.25, 0.3) is 0 Å². The summed E-state index contributed by atoms with van der Waals surface area (Å²) in [6.45, 7) is 0.623. The van der Waals surface area contributed by atoms with Crippen LogP contribution in [0.4, 0.5) is 0 Å². The van der Waals surface area contributed by atoms with E-state index in [-0.39, 0.29) is 19.8 Å². The Balaban J connectivity index is 3.85. The molecule has 0 radical (unpaired) electrons. The fourth-order valence-electron chi connectivity index (χ4n) is 0.933. The molecule has 0 bridgehead atoms. The fraction of sp³-hybridized carbons (Fsp3) is 0.857. The maximum atomic E-state index is 10.4. The van der Waals surface area contributed by atoms with Gasteiger partial charge in [0, 0.05) is 19.6 Å². The van der Waals surface area contributed by atoms with Crippen molar-refractivity contribution < 1.29 is 20.1 Å². The number of carboxylic acids is 1. The molecular formula is C7H16N2O4. The van der Waals surface area contributed by atoms with Crippen LogP contribution in [0.2, 0.25) is 0 Å². The molecule has 1 unspecified atom stereocenters. The van der Waals surface area contributed by atoms with Crippen molar-refractivity contribution in [3.05, 3.63) is 0 Å². The Labute approximate surface area is 76.6 Å². The summed E-state index contributed by atoms with van der Waals surface area (Å²) in [5.41, 5.74) is 5.27. The zero-order valence-electron chi connectivity index (χ0n) is 7.39. The second-order valence-corrected chi connectivity index (χ2v) is 2.69. The van der Waals surface area contributed by atoms with Crippen LogP contribution < -0.4 is 5.73 Å². The smallest absolute Gasteiger partial charge is 0.321 e. The summed E-state index contributed by atoms with van der Waals surface area (Å²) in [6, 6.07) is -0.974. The average molecular weight is 192 g/mol. The number of carboxylic acid groups (broad SMARTS) is 1. The molecule has 0 aromatic heterocycles. The van der Waals surface area contributed by atoms with Crippen molar-refractivity contribution in [3.8, 4) is 0 Å². The standard InChI is InChI=1S/C7H16N2O4/c8-6(7(12)13)5-9(1-3-10)2-4-11/h6,10-11H,1-5,8H2,(H,12,13). The number of nitrogens with two attached hydrogens (primary N) is 1. The van der Waals surface area contributed by atoms with Crippen LogP contribution in [0.15, 0.2) is 0 Å². The predicted octanol–water partition coefficient (Wildman–Crippen LogP) is -2.32. The van der Waals surface area contributed by atoms with Gasteiger partial charge in [-0.2, -0.15) is 0 Å². The van der Waals surface area contributed by atoms with Crippen LogP contribution in [0.3, 0.4) is 0 Å². The van der Waals surface area contributed by atoms with E-state index in [1.54, 1.807) is 4.90 Å². The van der Waals surface area contributed by atoms with Crippen LogP contribution in [0.5, 0.6) is 0 Å². The van der Waals surface area contributed by atoms with Crippen LogP contribution in [0.25, 0.3) is 0 Å². The van der Waals surface area contributed by atoms with Crippen LogP contribution >= 0.6 is 0 Å². The molecule has 0 rings (SSSR count). The molecule has 0 aliphatic carbocycles. The number of carbonyl (C=O) groups is 1. The lowest BCUT2D eigenvalue weighted by atomic mass is 10.3. The lowest BCUT2D eigenvalue weighted by Crippen LogP contribution is -2.44. The second-order valence-electron chi connectivity index (χ2n) is 2.69. The van der Waals surface area contributed by atoms with Crippen molar-refractivity contribution in [3.63, 3.8) is 0 Å². The first-order valence-electron chi connectivity index (χ1n) is 4.04. The third-order valence-electron chi connectivity index (χ3n) is 1.60. The molecule has 0 aromatic carbocycles. The van der Waals surface area contributed by atoms with Crippen molar-refractivity contribution in [2.75, 3.05) is 32.8 Å². The molecule has 6 heteroatoms. The minimum atomic E-state index is -1.08. The zero-order chi connectivity index (χ0) is 10.3. The van der Waals surface area contributed by atoms with Gasteiger partial charge < -0.3 is 21.1 Å². The fourth-order valence-corrected chi connectivity index (χ4v) is 0.933. The predicted molar refractivity (Wildman–Crippen MR) is 46.2 cm³/mol. The summed E-state index contributed by atoms with van der Waals surface area (Å²) in [5.74, 6) is -1.08. The highest BCUT2D eigenvalue weighted by Crippen LogP contribution is 1.90. The molecule has 0 saturated heterocycles. The Morgan fingerprint density at radius 3 is 2.08 bits per heavy atom. The SMILES string of the molecule is NC(CN(CCO)CCO)C(=O)O. The number of aliphatic carboxylic acids is 1. The van der Waals surface area contributed by atoms with Gasteiger partial charge >= 0.3 is 5.97 Å². The Morgan fingerprint density at radius 1 is 1.31 bits per heavy atom. The van der Waals surface area contributed by atoms with Crippen LogP contribution in [-0.4, -0.2) is 65.1 Å². The van der Waals surface area contributed by atoms with Crippen molar-refractivity contribution >= 4 is 5.97 Å². The molecule has 0 aliphatic heterocycles. The van der Waals surface area contributed by atoms with Crippen LogP contribution in [0, 0.1) is 0 Å². The minimum Gasteiger partial charge on any atom is -0.480 e. The number of rotatable bonds is 7. The molecular weight excluding hydrogens is 176 g/mol.